The van der Waals surface area contributed by atoms with Crippen LogP contribution in [0.3, 0.4) is 0 Å². The Bertz CT molecular complexity index is 558. The number of aromatic nitrogens is 4. The third-order valence-electron chi connectivity index (χ3n) is 3.16. The Balaban J connectivity index is 2.14. The molecule has 0 spiro atoms. The summed E-state index contributed by atoms with van der Waals surface area (Å²) in [4.78, 5) is 13.5. The minimum Gasteiger partial charge on any atom is -0.331 e. The molecule has 3 rings (SSSR count). The van der Waals surface area contributed by atoms with Gasteiger partial charge in [0.2, 0.25) is 0 Å². The van der Waals surface area contributed by atoms with Crippen molar-refractivity contribution >= 4 is 0 Å². The molecule has 1 aliphatic rings. The molecule has 0 amide bonds. The van der Waals surface area contributed by atoms with Gasteiger partial charge in [0.1, 0.15) is 0 Å². The molecule has 3 heterocycles. The Morgan fingerprint density at radius 1 is 1.35 bits per heavy atom. The molecule has 0 saturated carbocycles. The number of imidazole rings is 1. The molecule has 5 heteroatoms. The molecule has 1 N–H and O–H groups in total. The highest BCUT2D eigenvalue weighted by Gasteiger charge is 2.17. The molecular formula is C12H15N5. The summed E-state index contributed by atoms with van der Waals surface area (Å²) in [5.74, 6) is 1.54. The monoisotopic (exact) mass is 229 g/mol. The molecule has 2 aromatic heterocycles. The highest BCUT2D eigenvalue weighted by Crippen LogP contribution is 2.19. The molecule has 0 aromatic carbocycles. The minimum absolute atomic E-state index is 0.720. The summed E-state index contributed by atoms with van der Waals surface area (Å²) >= 11 is 0. The third kappa shape index (κ3) is 1.72. The largest absolute Gasteiger partial charge is 0.331 e. The SMILES string of the molecule is Cc1nc(-c2nccn2C)nc2c1CCNC2. The topological polar surface area (TPSA) is 55.6 Å². The van der Waals surface area contributed by atoms with Gasteiger partial charge >= 0.3 is 0 Å². The average molecular weight is 229 g/mol. The highest BCUT2D eigenvalue weighted by atomic mass is 15.1. The molecule has 0 atom stereocenters. The van der Waals surface area contributed by atoms with E-state index < -0.39 is 0 Å². The van der Waals surface area contributed by atoms with Crippen LogP contribution in [0.4, 0.5) is 0 Å². The van der Waals surface area contributed by atoms with Gasteiger partial charge in [0.05, 0.1) is 5.69 Å². The fourth-order valence-electron chi connectivity index (χ4n) is 2.23. The second-order valence-electron chi connectivity index (χ2n) is 4.35. The van der Waals surface area contributed by atoms with Crippen LogP contribution in [0.25, 0.3) is 11.6 Å². The van der Waals surface area contributed by atoms with E-state index in [-0.39, 0.29) is 0 Å². The van der Waals surface area contributed by atoms with Crippen molar-refractivity contribution in [3.05, 3.63) is 29.3 Å². The van der Waals surface area contributed by atoms with E-state index in [4.69, 9.17) is 0 Å². The van der Waals surface area contributed by atoms with Crippen molar-refractivity contribution in [1.29, 1.82) is 0 Å². The maximum Gasteiger partial charge on any atom is 0.196 e. The van der Waals surface area contributed by atoms with Gasteiger partial charge in [-0.1, -0.05) is 0 Å². The van der Waals surface area contributed by atoms with Crippen LogP contribution >= 0.6 is 0 Å². The molecule has 1 aliphatic heterocycles. The van der Waals surface area contributed by atoms with Gasteiger partial charge in [-0.3, -0.25) is 0 Å². The van der Waals surface area contributed by atoms with Crippen molar-refractivity contribution < 1.29 is 0 Å². The van der Waals surface area contributed by atoms with E-state index in [1.165, 1.54) is 5.56 Å². The molecule has 88 valence electrons. The molecule has 0 radical (unpaired) electrons. The van der Waals surface area contributed by atoms with E-state index in [1.54, 1.807) is 6.20 Å². The van der Waals surface area contributed by atoms with Crippen LogP contribution < -0.4 is 5.32 Å². The number of hydrogen-bond donors (Lipinski definition) is 1. The summed E-state index contributed by atoms with van der Waals surface area (Å²) in [6, 6.07) is 0. The first-order valence-corrected chi connectivity index (χ1v) is 5.80. The lowest BCUT2D eigenvalue weighted by Gasteiger charge is -2.18. The smallest absolute Gasteiger partial charge is 0.196 e. The van der Waals surface area contributed by atoms with E-state index in [2.05, 4.69) is 27.2 Å². The van der Waals surface area contributed by atoms with Gasteiger partial charge in [-0.15, -0.1) is 0 Å². The van der Waals surface area contributed by atoms with Crippen LogP contribution in [-0.2, 0) is 20.0 Å². The van der Waals surface area contributed by atoms with Crippen molar-refractivity contribution in [2.24, 2.45) is 7.05 Å². The van der Waals surface area contributed by atoms with Crippen LogP contribution in [-0.4, -0.2) is 26.1 Å². The third-order valence-corrected chi connectivity index (χ3v) is 3.16. The van der Waals surface area contributed by atoms with Crippen LogP contribution in [0.2, 0.25) is 0 Å². The molecule has 0 bridgehead atoms. The highest BCUT2D eigenvalue weighted by molar-refractivity contribution is 5.46. The van der Waals surface area contributed by atoms with Gasteiger partial charge < -0.3 is 9.88 Å². The van der Waals surface area contributed by atoms with Gasteiger partial charge in [-0.05, 0) is 25.5 Å². The average Bonchev–Trinajstić information content (AvgIpc) is 2.75. The lowest BCUT2D eigenvalue weighted by Crippen LogP contribution is -2.26. The van der Waals surface area contributed by atoms with Crippen molar-refractivity contribution in [3.63, 3.8) is 0 Å². The van der Waals surface area contributed by atoms with Crippen molar-refractivity contribution in [3.8, 4) is 11.6 Å². The molecule has 2 aromatic rings. The van der Waals surface area contributed by atoms with E-state index >= 15 is 0 Å². The Morgan fingerprint density at radius 3 is 3.00 bits per heavy atom. The number of nitrogens with zero attached hydrogens (tertiary/aromatic N) is 4. The number of aryl methyl sites for hydroxylation is 2. The Hall–Kier alpha value is -1.75. The second-order valence-corrected chi connectivity index (χ2v) is 4.35. The fraction of sp³-hybridized carbons (Fsp3) is 0.417. The Labute approximate surface area is 99.9 Å². The molecule has 0 unspecified atom stereocenters. The van der Waals surface area contributed by atoms with Crippen molar-refractivity contribution in [1.82, 2.24) is 24.8 Å². The van der Waals surface area contributed by atoms with Crippen LogP contribution in [0.5, 0.6) is 0 Å². The van der Waals surface area contributed by atoms with E-state index in [1.807, 2.05) is 17.8 Å². The predicted molar refractivity (Wildman–Crippen MR) is 64.4 cm³/mol. The maximum atomic E-state index is 4.62. The van der Waals surface area contributed by atoms with Crippen molar-refractivity contribution in [2.75, 3.05) is 6.54 Å². The van der Waals surface area contributed by atoms with E-state index in [9.17, 15) is 0 Å². The summed E-state index contributed by atoms with van der Waals surface area (Å²) in [7, 11) is 1.96. The summed E-state index contributed by atoms with van der Waals surface area (Å²) in [5, 5.41) is 3.34. The van der Waals surface area contributed by atoms with Gasteiger partial charge in [0.25, 0.3) is 0 Å². The Kier molecular flexibility index (Phi) is 2.40. The minimum atomic E-state index is 0.720. The second kappa shape index (κ2) is 3.92. The molecule has 0 aliphatic carbocycles. The van der Waals surface area contributed by atoms with Crippen molar-refractivity contribution in [2.45, 2.75) is 19.9 Å². The number of nitrogens with one attached hydrogen (secondary N) is 1. The maximum absolute atomic E-state index is 4.62. The number of rotatable bonds is 1. The number of fused-ring (bicyclic) bond motifs is 1. The van der Waals surface area contributed by atoms with E-state index in [0.717, 1.165) is 42.5 Å². The van der Waals surface area contributed by atoms with Crippen LogP contribution in [0.15, 0.2) is 12.4 Å². The lowest BCUT2D eigenvalue weighted by molar-refractivity contribution is 0.619. The fourth-order valence-corrected chi connectivity index (χ4v) is 2.23. The molecule has 17 heavy (non-hydrogen) atoms. The zero-order valence-corrected chi connectivity index (χ0v) is 10.1. The standard InChI is InChI=1S/C12H15N5/c1-8-9-3-4-13-7-10(9)16-11(15-8)12-14-5-6-17(12)2/h5-6,13H,3-4,7H2,1-2H3. The van der Waals surface area contributed by atoms with Crippen LogP contribution in [0.1, 0.15) is 17.0 Å². The van der Waals surface area contributed by atoms with Gasteiger partial charge in [0, 0.05) is 31.7 Å². The zero-order chi connectivity index (χ0) is 11.8. The normalized spacial score (nSPS) is 14.7. The first-order valence-electron chi connectivity index (χ1n) is 5.80. The lowest BCUT2D eigenvalue weighted by atomic mass is 10.1. The molecule has 0 saturated heterocycles. The Morgan fingerprint density at radius 2 is 2.24 bits per heavy atom. The first kappa shape index (κ1) is 10.4. The summed E-state index contributed by atoms with van der Waals surface area (Å²) in [6.45, 7) is 3.90. The zero-order valence-electron chi connectivity index (χ0n) is 10.1. The summed E-state index contributed by atoms with van der Waals surface area (Å²) in [6.07, 6.45) is 4.69. The quantitative estimate of drug-likeness (QED) is 0.787. The number of hydrogen-bond acceptors (Lipinski definition) is 4. The predicted octanol–water partition coefficient (Wildman–Crippen LogP) is 0.831. The molecular weight excluding hydrogens is 214 g/mol. The molecule has 0 fully saturated rings. The van der Waals surface area contributed by atoms with Crippen LogP contribution in [0, 0.1) is 6.92 Å². The summed E-state index contributed by atoms with van der Waals surface area (Å²) < 4.78 is 1.94. The first-order chi connectivity index (χ1) is 8.25. The van der Waals surface area contributed by atoms with Gasteiger partial charge in [0.15, 0.2) is 11.6 Å². The van der Waals surface area contributed by atoms with Gasteiger partial charge in [-0.25, -0.2) is 15.0 Å². The summed E-state index contributed by atoms with van der Waals surface area (Å²) in [5.41, 5.74) is 3.48. The van der Waals surface area contributed by atoms with E-state index in [0.29, 0.717) is 0 Å². The molecule has 5 nitrogen and oxygen atoms in total. The van der Waals surface area contributed by atoms with Gasteiger partial charge in [-0.2, -0.15) is 0 Å².